The van der Waals surface area contributed by atoms with Gasteiger partial charge in [0.1, 0.15) is 17.2 Å². The summed E-state index contributed by atoms with van der Waals surface area (Å²) in [5.74, 6) is -0.746. The highest BCUT2D eigenvalue weighted by atomic mass is 32.1. The Balaban J connectivity index is 1.58. The van der Waals surface area contributed by atoms with E-state index in [1.54, 1.807) is 21.7 Å². The fourth-order valence-electron chi connectivity index (χ4n) is 3.66. The standard InChI is InChI=1S/C25H25FN4O2S/c1-4-13-29(15-23(31)27-21-8-6-5-7-16(21)2)24(32)22-14-20-17(3)28-30(25(20)33-22)19-11-9-18(26)10-12-19/h5-12,14H,4,13,15H2,1-3H3,(H,27,31). The van der Waals surface area contributed by atoms with E-state index in [1.165, 1.54) is 23.5 Å². The number of thiophene rings is 1. The Morgan fingerprint density at radius 1 is 1.12 bits per heavy atom. The molecule has 33 heavy (non-hydrogen) atoms. The highest BCUT2D eigenvalue weighted by Gasteiger charge is 2.23. The minimum atomic E-state index is -0.319. The summed E-state index contributed by atoms with van der Waals surface area (Å²) in [5.41, 5.74) is 3.20. The fraction of sp³-hybridized carbons (Fsp3) is 0.240. The van der Waals surface area contributed by atoms with E-state index in [2.05, 4.69) is 10.4 Å². The number of nitrogens with zero attached hydrogens (tertiary/aromatic N) is 3. The number of rotatable bonds is 7. The maximum absolute atomic E-state index is 13.3. The number of para-hydroxylation sites is 1. The lowest BCUT2D eigenvalue weighted by Gasteiger charge is -2.21. The lowest BCUT2D eigenvalue weighted by molar-refractivity contribution is -0.116. The van der Waals surface area contributed by atoms with Crippen molar-refractivity contribution in [2.45, 2.75) is 27.2 Å². The molecule has 8 heteroatoms. The van der Waals surface area contributed by atoms with Crippen molar-refractivity contribution >= 4 is 39.1 Å². The molecule has 0 saturated carbocycles. The van der Waals surface area contributed by atoms with Crippen molar-refractivity contribution in [2.75, 3.05) is 18.4 Å². The first-order valence-corrected chi connectivity index (χ1v) is 11.6. The SMILES string of the molecule is CCCN(CC(=O)Nc1ccccc1C)C(=O)c1cc2c(C)nn(-c3ccc(F)cc3)c2s1. The van der Waals surface area contributed by atoms with Crippen molar-refractivity contribution in [3.05, 3.63) is 76.5 Å². The summed E-state index contributed by atoms with van der Waals surface area (Å²) in [6, 6.07) is 15.4. The summed E-state index contributed by atoms with van der Waals surface area (Å²) in [5, 5.41) is 8.32. The van der Waals surface area contributed by atoms with Gasteiger partial charge in [-0.15, -0.1) is 11.3 Å². The summed E-state index contributed by atoms with van der Waals surface area (Å²) < 4.78 is 15.1. The van der Waals surface area contributed by atoms with Crippen LogP contribution in [0.2, 0.25) is 0 Å². The molecule has 1 N–H and O–H groups in total. The Labute approximate surface area is 195 Å². The van der Waals surface area contributed by atoms with E-state index in [9.17, 15) is 14.0 Å². The average Bonchev–Trinajstić information content (AvgIpc) is 3.36. The molecular formula is C25H25FN4O2S. The van der Waals surface area contributed by atoms with Gasteiger partial charge in [-0.05, 0) is 62.2 Å². The third-order valence-corrected chi connectivity index (χ3v) is 6.46. The Bertz CT molecular complexity index is 1310. The molecule has 0 radical (unpaired) electrons. The second-order valence-electron chi connectivity index (χ2n) is 7.89. The summed E-state index contributed by atoms with van der Waals surface area (Å²) in [6.07, 6.45) is 0.733. The molecule has 4 rings (SSSR count). The maximum atomic E-state index is 13.3. The first-order chi connectivity index (χ1) is 15.9. The van der Waals surface area contributed by atoms with Crippen LogP contribution in [-0.2, 0) is 4.79 Å². The molecular weight excluding hydrogens is 439 g/mol. The molecule has 2 heterocycles. The van der Waals surface area contributed by atoms with Gasteiger partial charge in [-0.3, -0.25) is 9.59 Å². The lowest BCUT2D eigenvalue weighted by atomic mass is 10.2. The smallest absolute Gasteiger partial charge is 0.264 e. The zero-order valence-corrected chi connectivity index (χ0v) is 19.6. The van der Waals surface area contributed by atoms with Gasteiger partial charge in [0, 0.05) is 17.6 Å². The van der Waals surface area contributed by atoms with Crippen molar-refractivity contribution in [3.8, 4) is 5.69 Å². The summed E-state index contributed by atoms with van der Waals surface area (Å²) in [7, 11) is 0. The molecule has 0 atom stereocenters. The van der Waals surface area contributed by atoms with Crippen LogP contribution >= 0.6 is 11.3 Å². The number of hydrogen-bond acceptors (Lipinski definition) is 4. The van der Waals surface area contributed by atoms with Crippen LogP contribution in [0.25, 0.3) is 15.9 Å². The highest BCUT2D eigenvalue weighted by Crippen LogP contribution is 2.31. The Morgan fingerprint density at radius 3 is 2.55 bits per heavy atom. The van der Waals surface area contributed by atoms with E-state index in [1.807, 2.05) is 51.1 Å². The quantitative estimate of drug-likeness (QED) is 0.402. The van der Waals surface area contributed by atoms with Gasteiger partial charge in [-0.25, -0.2) is 9.07 Å². The van der Waals surface area contributed by atoms with Crippen LogP contribution < -0.4 is 5.32 Å². The summed E-state index contributed by atoms with van der Waals surface area (Å²) in [6.45, 7) is 6.22. The Hall–Kier alpha value is -3.52. The highest BCUT2D eigenvalue weighted by molar-refractivity contribution is 7.20. The summed E-state index contributed by atoms with van der Waals surface area (Å²) >= 11 is 1.32. The van der Waals surface area contributed by atoms with Crippen LogP contribution in [-0.4, -0.2) is 39.6 Å². The second-order valence-corrected chi connectivity index (χ2v) is 8.92. The Kier molecular flexibility index (Phi) is 6.55. The van der Waals surface area contributed by atoms with Gasteiger partial charge in [0.25, 0.3) is 5.91 Å². The number of nitrogens with one attached hydrogen (secondary N) is 1. The first kappa shape index (κ1) is 22.7. The predicted octanol–water partition coefficient (Wildman–Crippen LogP) is 5.33. The minimum absolute atomic E-state index is 0.0294. The molecule has 170 valence electrons. The van der Waals surface area contributed by atoms with Crippen molar-refractivity contribution in [2.24, 2.45) is 0 Å². The van der Waals surface area contributed by atoms with Gasteiger partial charge in [-0.2, -0.15) is 5.10 Å². The number of aryl methyl sites for hydroxylation is 2. The predicted molar refractivity (Wildman–Crippen MR) is 130 cm³/mol. The molecule has 6 nitrogen and oxygen atoms in total. The van der Waals surface area contributed by atoms with Gasteiger partial charge in [0.2, 0.25) is 5.91 Å². The van der Waals surface area contributed by atoms with Gasteiger partial charge in [-0.1, -0.05) is 25.1 Å². The number of halogens is 1. The molecule has 0 fully saturated rings. The first-order valence-electron chi connectivity index (χ1n) is 10.8. The van der Waals surface area contributed by atoms with Crippen LogP contribution in [0.5, 0.6) is 0 Å². The van der Waals surface area contributed by atoms with Crippen LogP contribution in [0.15, 0.2) is 54.6 Å². The van der Waals surface area contributed by atoms with Crippen molar-refractivity contribution in [1.82, 2.24) is 14.7 Å². The zero-order valence-electron chi connectivity index (χ0n) is 18.8. The molecule has 2 amide bonds. The molecule has 0 aliphatic heterocycles. The molecule has 0 spiro atoms. The van der Waals surface area contributed by atoms with E-state index >= 15 is 0 Å². The van der Waals surface area contributed by atoms with E-state index in [4.69, 9.17) is 0 Å². The molecule has 4 aromatic rings. The van der Waals surface area contributed by atoms with Gasteiger partial charge >= 0.3 is 0 Å². The molecule has 2 aromatic heterocycles. The fourth-order valence-corrected chi connectivity index (χ4v) is 4.82. The third-order valence-electron chi connectivity index (χ3n) is 5.36. The minimum Gasteiger partial charge on any atom is -0.329 e. The number of fused-ring (bicyclic) bond motifs is 1. The number of carbonyl (C=O) groups is 2. The number of anilines is 1. The van der Waals surface area contributed by atoms with Gasteiger partial charge in [0.05, 0.1) is 16.3 Å². The number of benzene rings is 2. The van der Waals surface area contributed by atoms with Gasteiger partial charge in [0.15, 0.2) is 0 Å². The van der Waals surface area contributed by atoms with E-state index in [0.29, 0.717) is 11.4 Å². The zero-order chi connectivity index (χ0) is 23.5. The molecule has 0 aliphatic rings. The topological polar surface area (TPSA) is 67.2 Å². The van der Waals surface area contributed by atoms with Crippen molar-refractivity contribution in [1.29, 1.82) is 0 Å². The van der Waals surface area contributed by atoms with Crippen LogP contribution in [0.3, 0.4) is 0 Å². The molecule has 2 aromatic carbocycles. The maximum Gasteiger partial charge on any atom is 0.264 e. The number of hydrogen-bond donors (Lipinski definition) is 1. The largest absolute Gasteiger partial charge is 0.329 e. The average molecular weight is 465 g/mol. The number of aromatic nitrogens is 2. The second kappa shape index (κ2) is 9.54. The van der Waals surface area contributed by atoms with E-state index < -0.39 is 0 Å². The lowest BCUT2D eigenvalue weighted by Crippen LogP contribution is -2.38. The molecule has 0 unspecified atom stereocenters. The Morgan fingerprint density at radius 2 is 1.85 bits per heavy atom. The van der Waals surface area contributed by atoms with E-state index in [0.717, 1.165) is 39.3 Å². The number of amides is 2. The molecule has 0 bridgehead atoms. The van der Waals surface area contributed by atoms with Crippen molar-refractivity contribution < 1.29 is 14.0 Å². The number of carbonyl (C=O) groups excluding carboxylic acids is 2. The third kappa shape index (κ3) is 4.80. The monoisotopic (exact) mass is 464 g/mol. The van der Waals surface area contributed by atoms with Crippen LogP contribution in [0.4, 0.5) is 10.1 Å². The van der Waals surface area contributed by atoms with Crippen LogP contribution in [0, 0.1) is 19.7 Å². The normalized spacial score (nSPS) is 11.0. The molecule has 0 saturated heterocycles. The van der Waals surface area contributed by atoms with E-state index in [-0.39, 0.29) is 24.2 Å². The van der Waals surface area contributed by atoms with Crippen molar-refractivity contribution in [3.63, 3.8) is 0 Å². The summed E-state index contributed by atoms with van der Waals surface area (Å²) in [4.78, 5) is 28.9. The van der Waals surface area contributed by atoms with Crippen LogP contribution in [0.1, 0.15) is 34.3 Å². The van der Waals surface area contributed by atoms with Gasteiger partial charge < -0.3 is 10.2 Å². The molecule has 0 aliphatic carbocycles.